The normalized spacial score (nSPS) is 15.0. The zero-order chi connectivity index (χ0) is 64.8. The SMILES string of the molecule is Cc1cc(C)cc(N(c2ccc3c(c2)C(C)(C)c2ccccc2-3)c2ccc3c(c2)C(C)(C)c2cc(N(c4cc(C)cc(C)c4)c4ccc5c(c4)C(C)(C)c4ccccc4-5)cc4c5cc(N(c6cc(C)cc(C)c6)c6ccc7c(c6)C(C)(C)c6ccccc6-7)ccc5n-3c24)c1. The summed E-state index contributed by atoms with van der Waals surface area (Å²) in [6.07, 6.45) is 0. The third-order valence-corrected chi connectivity index (χ3v) is 22.0. The summed E-state index contributed by atoms with van der Waals surface area (Å²) in [6.45, 7) is 32.7. The third-order valence-electron chi connectivity index (χ3n) is 22.0. The molecular weight excluding hydrogens is 1140 g/mol. The molecule has 0 unspecified atom stereocenters. The minimum Gasteiger partial charge on any atom is -0.310 e. The van der Waals surface area contributed by atoms with Crippen molar-refractivity contribution in [3.8, 4) is 39.1 Å². The summed E-state index contributed by atoms with van der Waals surface area (Å²) in [7, 11) is 0. The Bertz CT molecular complexity index is 5370. The lowest BCUT2D eigenvalue weighted by Gasteiger charge is -2.37. The van der Waals surface area contributed by atoms with Gasteiger partial charge in [0, 0.05) is 83.6 Å². The lowest BCUT2D eigenvalue weighted by Crippen LogP contribution is -2.27. The molecule has 0 spiro atoms. The molecule has 0 bridgehead atoms. The Balaban J connectivity index is 0.923. The van der Waals surface area contributed by atoms with Crippen molar-refractivity contribution in [1.82, 2.24) is 4.57 Å². The third kappa shape index (κ3) is 8.43. The van der Waals surface area contributed by atoms with Crippen LogP contribution in [0.25, 0.3) is 60.9 Å². The van der Waals surface area contributed by atoms with Crippen molar-refractivity contribution >= 4 is 73.0 Å². The summed E-state index contributed by atoms with van der Waals surface area (Å²) in [5.74, 6) is 0. The van der Waals surface area contributed by atoms with Crippen LogP contribution in [-0.2, 0) is 21.7 Å². The smallest absolute Gasteiger partial charge is 0.0583 e. The number of aromatic nitrogens is 1. The van der Waals surface area contributed by atoms with Gasteiger partial charge in [0.25, 0.3) is 0 Å². The van der Waals surface area contributed by atoms with Crippen molar-refractivity contribution in [3.05, 3.63) is 308 Å². The second-order valence-corrected chi connectivity index (χ2v) is 30.0. The predicted molar refractivity (Wildman–Crippen MR) is 398 cm³/mol. The van der Waals surface area contributed by atoms with Crippen LogP contribution in [0.1, 0.15) is 133 Å². The summed E-state index contributed by atoms with van der Waals surface area (Å²) in [6, 6.07) is 89.4. The van der Waals surface area contributed by atoms with E-state index in [1.54, 1.807) is 0 Å². The van der Waals surface area contributed by atoms with Gasteiger partial charge in [0.15, 0.2) is 0 Å². The van der Waals surface area contributed by atoms with Gasteiger partial charge in [-0.15, -0.1) is 0 Å². The molecule has 0 saturated carbocycles. The Morgan fingerprint density at radius 1 is 0.234 bits per heavy atom. The number of anilines is 9. The molecule has 94 heavy (non-hydrogen) atoms. The molecule has 3 aliphatic carbocycles. The van der Waals surface area contributed by atoms with Crippen molar-refractivity contribution in [2.24, 2.45) is 0 Å². The van der Waals surface area contributed by atoms with Crippen molar-refractivity contribution in [2.45, 2.75) is 119 Å². The van der Waals surface area contributed by atoms with E-state index in [0.717, 1.165) is 51.2 Å². The van der Waals surface area contributed by atoms with Gasteiger partial charge in [-0.1, -0.05) is 165 Å². The summed E-state index contributed by atoms with van der Waals surface area (Å²) < 4.78 is 2.61. The molecule has 0 N–H and O–H groups in total. The second kappa shape index (κ2) is 20.2. The first-order valence-electron chi connectivity index (χ1n) is 33.7. The lowest BCUT2D eigenvalue weighted by atomic mass is 9.74. The monoisotopic (exact) mass is 1220 g/mol. The minimum absolute atomic E-state index is 0.164. The molecule has 0 radical (unpaired) electrons. The Labute approximate surface area is 555 Å². The molecule has 17 rings (SSSR count). The molecule has 13 aromatic rings. The number of hydrogen-bond donors (Lipinski definition) is 0. The van der Waals surface area contributed by atoms with Crippen LogP contribution in [-0.4, -0.2) is 4.57 Å². The Morgan fingerprint density at radius 2 is 0.521 bits per heavy atom. The van der Waals surface area contributed by atoms with E-state index in [1.807, 2.05) is 0 Å². The average molecular weight is 1220 g/mol. The van der Waals surface area contributed by atoms with Crippen molar-refractivity contribution in [3.63, 3.8) is 0 Å². The van der Waals surface area contributed by atoms with Crippen LogP contribution in [0, 0.1) is 41.5 Å². The summed E-state index contributed by atoms with van der Waals surface area (Å²) >= 11 is 0. The van der Waals surface area contributed by atoms with Gasteiger partial charge >= 0.3 is 0 Å². The first-order chi connectivity index (χ1) is 45.0. The van der Waals surface area contributed by atoms with Gasteiger partial charge in [0.05, 0.1) is 16.7 Å². The quantitative estimate of drug-likeness (QED) is 0.143. The van der Waals surface area contributed by atoms with E-state index >= 15 is 0 Å². The number of rotatable bonds is 9. The number of fused-ring (bicyclic) bond motifs is 14. The van der Waals surface area contributed by atoms with Crippen molar-refractivity contribution in [1.29, 1.82) is 0 Å². The van der Waals surface area contributed by atoms with Gasteiger partial charge in [-0.2, -0.15) is 0 Å². The Morgan fingerprint density at radius 3 is 0.926 bits per heavy atom. The highest BCUT2D eigenvalue weighted by Crippen LogP contribution is 2.57. The molecule has 4 aliphatic rings. The largest absolute Gasteiger partial charge is 0.310 e. The fourth-order valence-corrected chi connectivity index (χ4v) is 17.7. The van der Waals surface area contributed by atoms with Gasteiger partial charge in [-0.05, 0) is 274 Å². The fourth-order valence-electron chi connectivity index (χ4n) is 17.7. The van der Waals surface area contributed by atoms with E-state index in [0.29, 0.717) is 0 Å². The summed E-state index contributed by atoms with van der Waals surface area (Å²) in [5, 5.41) is 2.43. The molecular formula is C90H80N4. The topological polar surface area (TPSA) is 14.7 Å². The van der Waals surface area contributed by atoms with Crippen LogP contribution in [0.4, 0.5) is 51.2 Å². The van der Waals surface area contributed by atoms with E-state index in [4.69, 9.17) is 0 Å². The summed E-state index contributed by atoms with van der Waals surface area (Å²) in [5.41, 5.74) is 38.9. The lowest BCUT2D eigenvalue weighted by molar-refractivity contribution is 0.630. The number of benzene rings is 12. The molecule has 4 heteroatoms. The average Bonchev–Trinajstić information content (AvgIpc) is 1.45. The maximum Gasteiger partial charge on any atom is 0.0583 e. The molecule has 0 fully saturated rings. The zero-order valence-corrected chi connectivity index (χ0v) is 56.7. The van der Waals surface area contributed by atoms with Crippen LogP contribution >= 0.6 is 0 Å². The molecule has 460 valence electrons. The molecule has 0 saturated heterocycles. The highest BCUT2D eigenvalue weighted by molar-refractivity contribution is 6.14. The van der Waals surface area contributed by atoms with Gasteiger partial charge < -0.3 is 19.3 Å². The van der Waals surface area contributed by atoms with Crippen LogP contribution in [0.5, 0.6) is 0 Å². The van der Waals surface area contributed by atoms with Gasteiger partial charge in [-0.3, -0.25) is 0 Å². The fraction of sp³-hybridized carbons (Fsp3) is 0.200. The molecule has 12 aromatic carbocycles. The predicted octanol–water partition coefficient (Wildman–Crippen LogP) is 24.6. The Hall–Kier alpha value is -10.2. The van der Waals surface area contributed by atoms with E-state index in [2.05, 4.69) is 347 Å². The van der Waals surface area contributed by atoms with Gasteiger partial charge in [-0.25, -0.2) is 0 Å². The zero-order valence-electron chi connectivity index (χ0n) is 56.7. The highest BCUT2D eigenvalue weighted by Gasteiger charge is 2.41. The van der Waals surface area contributed by atoms with Crippen molar-refractivity contribution < 1.29 is 0 Å². The van der Waals surface area contributed by atoms with Gasteiger partial charge in [0.2, 0.25) is 0 Å². The van der Waals surface area contributed by atoms with Crippen LogP contribution in [0.3, 0.4) is 0 Å². The number of hydrogen-bond acceptors (Lipinski definition) is 3. The maximum absolute atomic E-state index is 2.61. The van der Waals surface area contributed by atoms with E-state index in [-0.39, 0.29) is 16.2 Å². The van der Waals surface area contributed by atoms with E-state index < -0.39 is 5.41 Å². The number of nitrogens with zero attached hydrogens (tertiary/aromatic N) is 4. The standard InChI is InChI=1S/C90H80N4/c1-53-37-54(2)41-64(40-53)91(60-27-32-71-68-21-15-18-24-76(68)87(7,8)79(71)48-60)59-30-35-84-74(46-59)75-47-67(93(66-44-57(5)39-58(6)45-66)62-29-34-73-70-23-17-20-26-78(70)89(11,12)81(73)50-62)52-83-86(75)94(84)85-36-31-63(51-82(85)90(83,13)14)92(65-42-55(3)38-56(4)43-65)61-28-33-72-69-22-16-19-25-77(69)88(9,10)80(72)49-61/h15-52H,1-14H3. The Kier molecular flexibility index (Phi) is 12.4. The molecule has 1 aromatic heterocycles. The molecule has 1 aliphatic heterocycles. The maximum atomic E-state index is 2.61. The summed E-state index contributed by atoms with van der Waals surface area (Å²) in [4.78, 5) is 7.60. The van der Waals surface area contributed by atoms with Gasteiger partial charge in [0.1, 0.15) is 0 Å². The molecule has 4 nitrogen and oxygen atoms in total. The number of aryl methyl sites for hydroxylation is 6. The van der Waals surface area contributed by atoms with Crippen LogP contribution < -0.4 is 14.7 Å². The minimum atomic E-state index is -0.488. The first kappa shape index (κ1) is 57.7. The van der Waals surface area contributed by atoms with Crippen LogP contribution in [0.15, 0.2) is 231 Å². The second-order valence-electron chi connectivity index (χ2n) is 30.0. The van der Waals surface area contributed by atoms with Crippen molar-refractivity contribution in [2.75, 3.05) is 14.7 Å². The van der Waals surface area contributed by atoms with Crippen LogP contribution in [0.2, 0.25) is 0 Å². The first-order valence-corrected chi connectivity index (χ1v) is 33.7. The van der Waals surface area contributed by atoms with E-state index in [1.165, 1.54) is 139 Å². The van der Waals surface area contributed by atoms with E-state index in [9.17, 15) is 0 Å². The highest BCUT2D eigenvalue weighted by atomic mass is 15.2. The molecule has 0 atom stereocenters. The molecule has 2 heterocycles. The molecule has 0 amide bonds.